The van der Waals surface area contributed by atoms with Gasteiger partial charge in [0.25, 0.3) is 0 Å². The number of hydrogen-bond acceptors (Lipinski definition) is 5. The first-order chi connectivity index (χ1) is 8.01. The third-order valence-electron chi connectivity index (χ3n) is 2.27. The van der Waals surface area contributed by atoms with E-state index in [0.717, 1.165) is 6.42 Å². The summed E-state index contributed by atoms with van der Waals surface area (Å²) in [5.41, 5.74) is 0. The van der Waals surface area contributed by atoms with Crippen LogP contribution in [0.25, 0.3) is 0 Å². The summed E-state index contributed by atoms with van der Waals surface area (Å²) in [6.07, 6.45) is 2.54. The molecule has 0 radical (unpaired) electrons. The first-order valence-electron chi connectivity index (χ1n) is 6.12. The molecule has 102 valence electrons. The third kappa shape index (κ3) is 8.12. The van der Waals surface area contributed by atoms with E-state index in [0.29, 0.717) is 13.2 Å². The monoisotopic (exact) mass is 245 g/mol. The number of nitrogens with zero attached hydrogens (tertiary/aromatic N) is 3. The summed E-state index contributed by atoms with van der Waals surface area (Å²) in [6, 6.07) is 0.209. The van der Waals surface area contributed by atoms with Crippen molar-refractivity contribution in [2.75, 3.05) is 41.4 Å². The Balaban J connectivity index is 4.38. The van der Waals surface area contributed by atoms with Gasteiger partial charge in [0.1, 0.15) is 0 Å². The quantitative estimate of drug-likeness (QED) is 0.348. The van der Waals surface area contributed by atoms with Crippen molar-refractivity contribution in [3.05, 3.63) is 0 Å². The molecule has 17 heavy (non-hydrogen) atoms. The van der Waals surface area contributed by atoms with E-state index in [2.05, 4.69) is 10.0 Å². The first kappa shape index (κ1) is 16.4. The van der Waals surface area contributed by atoms with Crippen LogP contribution >= 0.6 is 0 Å². The molecule has 0 saturated heterocycles. The fraction of sp³-hybridized carbons (Fsp3) is 0.917. The molecule has 0 aromatic rings. The Kier molecular flexibility index (Phi) is 9.03. The van der Waals surface area contributed by atoms with Crippen molar-refractivity contribution in [2.45, 2.75) is 32.6 Å². The molecule has 5 nitrogen and oxygen atoms in total. The van der Waals surface area contributed by atoms with Crippen molar-refractivity contribution >= 4 is 6.21 Å². The minimum atomic E-state index is -0.161. The Morgan fingerprint density at radius 3 is 1.94 bits per heavy atom. The minimum Gasteiger partial charge on any atom is -0.353 e. The highest BCUT2D eigenvalue weighted by Crippen LogP contribution is 2.08. The number of hydrazone groups is 1. The van der Waals surface area contributed by atoms with E-state index in [9.17, 15) is 0 Å². The van der Waals surface area contributed by atoms with Crippen LogP contribution in [0.3, 0.4) is 0 Å². The second-order valence-corrected chi connectivity index (χ2v) is 4.22. The second-order valence-electron chi connectivity index (χ2n) is 4.22. The Morgan fingerprint density at radius 1 is 1.06 bits per heavy atom. The highest BCUT2D eigenvalue weighted by atomic mass is 16.7. The van der Waals surface area contributed by atoms with E-state index in [1.165, 1.54) is 0 Å². The average Bonchev–Trinajstić information content (AvgIpc) is 2.23. The van der Waals surface area contributed by atoms with Crippen molar-refractivity contribution in [1.29, 1.82) is 0 Å². The lowest BCUT2D eigenvalue weighted by Gasteiger charge is -2.25. The summed E-state index contributed by atoms with van der Waals surface area (Å²) in [5, 5.41) is 6.06. The van der Waals surface area contributed by atoms with E-state index < -0.39 is 0 Å². The van der Waals surface area contributed by atoms with Gasteiger partial charge in [-0.3, -0.25) is 0 Å². The number of ether oxygens (including phenoxy) is 2. The van der Waals surface area contributed by atoms with Gasteiger partial charge in [-0.15, -0.1) is 0 Å². The second kappa shape index (κ2) is 9.39. The van der Waals surface area contributed by atoms with Crippen LogP contribution in [-0.4, -0.2) is 69.9 Å². The topological polar surface area (TPSA) is 37.3 Å². The summed E-state index contributed by atoms with van der Waals surface area (Å²) < 4.78 is 11.1. The van der Waals surface area contributed by atoms with Crippen LogP contribution < -0.4 is 0 Å². The highest BCUT2D eigenvalue weighted by molar-refractivity contribution is 5.63. The summed E-state index contributed by atoms with van der Waals surface area (Å²) in [6.45, 7) is 5.28. The Hall–Kier alpha value is -0.650. The molecule has 0 spiro atoms. The lowest BCUT2D eigenvalue weighted by atomic mass is 10.2. The van der Waals surface area contributed by atoms with Crippen LogP contribution in [0, 0.1) is 0 Å². The van der Waals surface area contributed by atoms with Crippen molar-refractivity contribution in [3.8, 4) is 0 Å². The van der Waals surface area contributed by atoms with Crippen molar-refractivity contribution in [2.24, 2.45) is 5.10 Å². The lowest BCUT2D eigenvalue weighted by molar-refractivity contribution is -0.143. The fourth-order valence-corrected chi connectivity index (χ4v) is 1.37. The van der Waals surface area contributed by atoms with Gasteiger partial charge in [0.05, 0.1) is 6.04 Å². The van der Waals surface area contributed by atoms with Crippen molar-refractivity contribution < 1.29 is 9.47 Å². The van der Waals surface area contributed by atoms with Crippen molar-refractivity contribution in [1.82, 2.24) is 9.91 Å². The molecule has 0 aliphatic rings. The predicted molar refractivity (Wildman–Crippen MR) is 71.3 cm³/mol. The summed E-state index contributed by atoms with van der Waals surface area (Å²) in [7, 11) is 7.88. The van der Waals surface area contributed by atoms with Gasteiger partial charge in [-0.2, -0.15) is 5.10 Å². The van der Waals surface area contributed by atoms with E-state index >= 15 is 0 Å². The molecule has 0 N–H and O–H groups in total. The highest BCUT2D eigenvalue weighted by Gasteiger charge is 2.17. The zero-order valence-corrected chi connectivity index (χ0v) is 12.0. The van der Waals surface area contributed by atoms with Crippen LogP contribution in [0.1, 0.15) is 20.3 Å². The summed E-state index contributed by atoms with van der Waals surface area (Å²) in [5.74, 6) is 0. The van der Waals surface area contributed by atoms with Crippen LogP contribution in [0.2, 0.25) is 0 Å². The van der Waals surface area contributed by atoms with E-state index in [1.54, 1.807) is 5.01 Å². The van der Waals surface area contributed by atoms with E-state index in [1.807, 2.05) is 48.3 Å². The smallest absolute Gasteiger partial charge is 0.159 e. The minimum absolute atomic E-state index is 0.161. The number of rotatable bonds is 9. The molecule has 0 aromatic heterocycles. The van der Waals surface area contributed by atoms with Gasteiger partial charge in [0.2, 0.25) is 0 Å². The van der Waals surface area contributed by atoms with E-state index in [-0.39, 0.29) is 12.3 Å². The molecule has 0 fully saturated rings. The van der Waals surface area contributed by atoms with Gasteiger partial charge in [-0.25, -0.2) is 0 Å². The Bertz CT molecular complexity index is 202. The third-order valence-corrected chi connectivity index (χ3v) is 2.27. The van der Waals surface area contributed by atoms with Gasteiger partial charge >= 0.3 is 0 Å². The van der Waals surface area contributed by atoms with Gasteiger partial charge in [-0.1, -0.05) is 0 Å². The summed E-state index contributed by atoms with van der Waals surface area (Å²) >= 11 is 0. The maximum Gasteiger partial charge on any atom is 0.159 e. The van der Waals surface area contributed by atoms with Crippen molar-refractivity contribution in [3.63, 3.8) is 0 Å². The van der Waals surface area contributed by atoms with Gasteiger partial charge < -0.3 is 19.4 Å². The van der Waals surface area contributed by atoms with Crippen LogP contribution in [0.4, 0.5) is 0 Å². The molecule has 0 amide bonds. The maximum atomic E-state index is 5.55. The molecule has 0 rings (SSSR count). The molecule has 0 saturated carbocycles. The molecule has 0 aliphatic carbocycles. The molecule has 0 aliphatic heterocycles. The Labute approximate surface area is 105 Å². The summed E-state index contributed by atoms with van der Waals surface area (Å²) in [4.78, 5) is 2.11. The van der Waals surface area contributed by atoms with Gasteiger partial charge in [0.15, 0.2) is 6.29 Å². The standard InChI is InChI=1S/C12H27N3O2/c1-7-16-12(17-8-2)9-11(14(3)4)10-13-15(5)6/h10-12H,7-9H2,1-6H3. The maximum absolute atomic E-state index is 5.55. The zero-order valence-electron chi connectivity index (χ0n) is 12.0. The molecule has 0 bridgehead atoms. The van der Waals surface area contributed by atoms with Gasteiger partial charge in [-0.05, 0) is 27.9 Å². The molecule has 0 heterocycles. The van der Waals surface area contributed by atoms with Crippen LogP contribution in [-0.2, 0) is 9.47 Å². The lowest BCUT2D eigenvalue weighted by Crippen LogP contribution is -2.35. The zero-order chi connectivity index (χ0) is 13.3. The van der Waals surface area contributed by atoms with Crippen LogP contribution in [0.5, 0.6) is 0 Å². The first-order valence-corrected chi connectivity index (χ1v) is 6.12. The predicted octanol–water partition coefficient (Wildman–Crippen LogP) is 1.25. The largest absolute Gasteiger partial charge is 0.353 e. The molecular formula is C12H27N3O2. The normalized spacial score (nSPS) is 13.9. The fourth-order valence-electron chi connectivity index (χ4n) is 1.37. The molecule has 1 unspecified atom stereocenters. The van der Waals surface area contributed by atoms with Crippen LogP contribution in [0.15, 0.2) is 5.10 Å². The molecule has 5 heteroatoms. The molecular weight excluding hydrogens is 218 g/mol. The Morgan fingerprint density at radius 2 is 1.59 bits per heavy atom. The van der Waals surface area contributed by atoms with Gasteiger partial charge in [0, 0.05) is 39.9 Å². The average molecular weight is 245 g/mol. The van der Waals surface area contributed by atoms with E-state index in [4.69, 9.17) is 9.47 Å². The number of hydrogen-bond donors (Lipinski definition) is 0. The molecule has 0 aromatic carbocycles. The SMILES string of the molecule is CCOC(CC(C=NN(C)C)N(C)C)OCC. The molecule has 1 atom stereocenters.